The fourth-order valence-electron chi connectivity index (χ4n) is 3.18. The summed E-state index contributed by atoms with van der Waals surface area (Å²) in [6.45, 7) is 0. The summed E-state index contributed by atoms with van der Waals surface area (Å²) in [5.74, 6) is 1.36. The van der Waals surface area contributed by atoms with Gasteiger partial charge < -0.3 is 14.6 Å². The molecule has 2 heterocycles. The second-order valence-corrected chi connectivity index (χ2v) is 8.27. The number of amides is 1. The highest BCUT2D eigenvalue weighted by Crippen LogP contribution is 2.30. The number of carbonyl (C=O) groups excluding carboxylic acids is 1. The Morgan fingerprint density at radius 3 is 2.47 bits per heavy atom. The van der Waals surface area contributed by atoms with E-state index in [2.05, 4.69) is 10.3 Å². The number of hydrogen-bond donors (Lipinski definition) is 1. The van der Waals surface area contributed by atoms with E-state index < -0.39 is 0 Å². The molecule has 0 fully saturated rings. The van der Waals surface area contributed by atoms with Crippen LogP contribution in [0.4, 0.5) is 0 Å². The quantitative estimate of drug-likeness (QED) is 0.443. The summed E-state index contributed by atoms with van der Waals surface area (Å²) in [5, 5.41) is 3.82. The van der Waals surface area contributed by atoms with Crippen molar-refractivity contribution in [1.29, 1.82) is 0 Å². The van der Waals surface area contributed by atoms with Crippen LogP contribution in [0.15, 0.2) is 73.1 Å². The van der Waals surface area contributed by atoms with E-state index in [1.807, 2.05) is 78.5 Å². The summed E-state index contributed by atoms with van der Waals surface area (Å²) in [5.41, 5.74) is 1.95. The first-order valence-electron chi connectivity index (χ1n) is 9.33. The largest absolute Gasteiger partial charge is 0.497 e. The molecule has 2 aromatic carbocycles. The monoisotopic (exact) mass is 437 g/mol. The van der Waals surface area contributed by atoms with Crippen molar-refractivity contribution in [3.8, 4) is 16.2 Å². The van der Waals surface area contributed by atoms with E-state index in [1.54, 1.807) is 13.3 Å². The third-order valence-corrected chi connectivity index (χ3v) is 6.18. The lowest BCUT2D eigenvalue weighted by molar-refractivity contribution is 0.0945. The van der Waals surface area contributed by atoms with E-state index >= 15 is 0 Å². The molecular formula is C23H20ClN3O2S. The van der Waals surface area contributed by atoms with Crippen LogP contribution in [0.2, 0.25) is 5.02 Å². The molecule has 0 bridgehead atoms. The number of halogens is 1. The van der Waals surface area contributed by atoms with Gasteiger partial charge in [-0.1, -0.05) is 35.9 Å². The van der Waals surface area contributed by atoms with Gasteiger partial charge >= 0.3 is 0 Å². The third-order valence-electron chi connectivity index (χ3n) is 4.80. The Morgan fingerprint density at radius 2 is 1.83 bits per heavy atom. The molecule has 0 aliphatic carbocycles. The van der Waals surface area contributed by atoms with Gasteiger partial charge in [0.1, 0.15) is 17.6 Å². The van der Waals surface area contributed by atoms with Crippen LogP contribution in [0.1, 0.15) is 27.1 Å². The maximum absolute atomic E-state index is 13.1. The lowest BCUT2D eigenvalue weighted by Gasteiger charge is -2.19. The zero-order valence-electron chi connectivity index (χ0n) is 16.5. The molecule has 152 valence electrons. The number of benzene rings is 2. The molecule has 4 aromatic rings. The highest BCUT2D eigenvalue weighted by molar-refractivity contribution is 7.17. The number of nitrogens with one attached hydrogen (secondary N) is 1. The summed E-state index contributed by atoms with van der Waals surface area (Å²) in [6, 6.07) is 18.6. The molecule has 4 rings (SSSR count). The summed E-state index contributed by atoms with van der Waals surface area (Å²) in [4.78, 5) is 19.2. The van der Waals surface area contributed by atoms with E-state index in [9.17, 15) is 4.79 Å². The van der Waals surface area contributed by atoms with Gasteiger partial charge in [0.25, 0.3) is 5.91 Å². The predicted octanol–water partition coefficient (Wildman–Crippen LogP) is 5.33. The van der Waals surface area contributed by atoms with Gasteiger partial charge in [-0.2, -0.15) is 0 Å². The lowest BCUT2D eigenvalue weighted by atomic mass is 10.1. The van der Waals surface area contributed by atoms with E-state index in [1.165, 1.54) is 11.3 Å². The second-order valence-electron chi connectivity index (χ2n) is 6.75. The van der Waals surface area contributed by atoms with Crippen LogP contribution < -0.4 is 10.1 Å². The Morgan fingerprint density at radius 1 is 1.10 bits per heavy atom. The first kappa shape index (κ1) is 20.2. The molecule has 7 heteroatoms. The van der Waals surface area contributed by atoms with E-state index in [4.69, 9.17) is 16.3 Å². The third kappa shape index (κ3) is 4.25. The average Bonchev–Trinajstić information content (AvgIpc) is 3.42. The Hall–Kier alpha value is -3.09. The van der Waals surface area contributed by atoms with Crippen LogP contribution in [-0.2, 0) is 7.05 Å². The maximum atomic E-state index is 13.1. The number of hydrogen-bond acceptors (Lipinski definition) is 4. The number of thiophene rings is 1. The molecule has 0 saturated heterocycles. The maximum Gasteiger partial charge on any atom is 0.262 e. The van der Waals surface area contributed by atoms with Gasteiger partial charge in [-0.3, -0.25) is 4.79 Å². The second kappa shape index (κ2) is 8.73. The summed E-state index contributed by atoms with van der Waals surface area (Å²) >= 11 is 7.42. The van der Waals surface area contributed by atoms with Gasteiger partial charge in [0, 0.05) is 29.3 Å². The number of methoxy groups -OCH3 is 1. The summed E-state index contributed by atoms with van der Waals surface area (Å²) in [6.07, 6.45) is 3.59. The fraction of sp³-hybridized carbons (Fsp3) is 0.130. The van der Waals surface area contributed by atoms with Gasteiger partial charge in [0.15, 0.2) is 0 Å². The normalized spacial score (nSPS) is 11.8. The number of rotatable bonds is 6. The number of carbonyl (C=O) groups is 1. The van der Waals surface area contributed by atoms with Crippen LogP contribution in [0.25, 0.3) is 10.4 Å². The molecular weight excluding hydrogens is 418 g/mol. The van der Waals surface area contributed by atoms with Crippen molar-refractivity contribution in [2.75, 3.05) is 7.11 Å². The van der Waals surface area contributed by atoms with Gasteiger partial charge in [0.2, 0.25) is 0 Å². The van der Waals surface area contributed by atoms with Crippen molar-refractivity contribution in [2.45, 2.75) is 6.04 Å². The minimum Gasteiger partial charge on any atom is -0.497 e. The number of aromatic nitrogens is 2. The molecule has 0 saturated carbocycles. The topological polar surface area (TPSA) is 56.1 Å². The van der Waals surface area contributed by atoms with E-state index in [0.717, 1.165) is 27.6 Å². The van der Waals surface area contributed by atoms with Gasteiger partial charge in [0.05, 0.1) is 12.0 Å². The number of ether oxygens (including phenoxy) is 1. The van der Waals surface area contributed by atoms with Crippen molar-refractivity contribution in [2.24, 2.45) is 7.05 Å². The first-order valence-corrected chi connectivity index (χ1v) is 10.5. The van der Waals surface area contributed by atoms with Crippen LogP contribution in [0, 0.1) is 0 Å². The standard InChI is InChI=1S/C23H20ClN3O2S/c1-27-14-13-25-22(27)21(16-5-9-18(29-2)10-6-16)26-23(28)20-12-11-19(30-20)15-3-7-17(24)8-4-15/h3-14,21H,1-2H3,(H,26,28). The highest BCUT2D eigenvalue weighted by Gasteiger charge is 2.22. The molecule has 1 amide bonds. The Bertz CT molecular complexity index is 1150. The minimum absolute atomic E-state index is 0.149. The van der Waals surface area contributed by atoms with Crippen LogP contribution in [-0.4, -0.2) is 22.6 Å². The highest BCUT2D eigenvalue weighted by atomic mass is 35.5. The molecule has 1 atom stereocenters. The first-order chi connectivity index (χ1) is 14.5. The predicted molar refractivity (Wildman–Crippen MR) is 120 cm³/mol. The molecule has 1 N–H and O–H groups in total. The smallest absolute Gasteiger partial charge is 0.262 e. The van der Waals surface area contributed by atoms with Crippen molar-refractivity contribution in [1.82, 2.24) is 14.9 Å². The van der Waals surface area contributed by atoms with Crippen molar-refractivity contribution in [3.63, 3.8) is 0 Å². The zero-order valence-corrected chi connectivity index (χ0v) is 18.1. The molecule has 2 aromatic heterocycles. The zero-order chi connectivity index (χ0) is 21.1. The molecule has 0 aliphatic rings. The fourth-order valence-corrected chi connectivity index (χ4v) is 4.22. The Labute approximate surface area is 183 Å². The van der Waals surface area contributed by atoms with E-state index in [-0.39, 0.29) is 11.9 Å². The molecule has 0 spiro atoms. The van der Waals surface area contributed by atoms with Gasteiger partial charge in [-0.05, 0) is 47.5 Å². The molecule has 0 radical (unpaired) electrons. The van der Waals surface area contributed by atoms with Gasteiger partial charge in [-0.15, -0.1) is 11.3 Å². The van der Waals surface area contributed by atoms with Crippen LogP contribution >= 0.6 is 22.9 Å². The van der Waals surface area contributed by atoms with Crippen LogP contribution in [0.5, 0.6) is 5.75 Å². The molecule has 1 unspecified atom stereocenters. The lowest BCUT2D eigenvalue weighted by Crippen LogP contribution is -2.30. The van der Waals surface area contributed by atoms with Crippen LogP contribution in [0.3, 0.4) is 0 Å². The number of nitrogens with zero attached hydrogens (tertiary/aromatic N) is 2. The Kier molecular flexibility index (Phi) is 5.88. The molecule has 0 aliphatic heterocycles. The average molecular weight is 438 g/mol. The van der Waals surface area contributed by atoms with Crippen molar-refractivity contribution < 1.29 is 9.53 Å². The SMILES string of the molecule is COc1ccc(C(NC(=O)c2ccc(-c3ccc(Cl)cc3)s2)c2nccn2C)cc1. The minimum atomic E-state index is -0.385. The number of imidazole rings is 1. The number of aryl methyl sites for hydroxylation is 1. The van der Waals surface area contributed by atoms with Crippen molar-refractivity contribution >= 4 is 28.8 Å². The van der Waals surface area contributed by atoms with E-state index in [0.29, 0.717) is 9.90 Å². The molecule has 5 nitrogen and oxygen atoms in total. The summed E-state index contributed by atoms with van der Waals surface area (Å²) in [7, 11) is 3.54. The van der Waals surface area contributed by atoms with Gasteiger partial charge in [-0.25, -0.2) is 4.98 Å². The Balaban J connectivity index is 1.60. The summed E-state index contributed by atoms with van der Waals surface area (Å²) < 4.78 is 7.16. The molecule has 30 heavy (non-hydrogen) atoms. The van der Waals surface area contributed by atoms with Crippen molar-refractivity contribution in [3.05, 3.63) is 94.3 Å².